The van der Waals surface area contributed by atoms with E-state index in [-0.39, 0.29) is 6.61 Å². The van der Waals surface area contributed by atoms with Gasteiger partial charge in [-0.15, -0.1) is 0 Å². The molecule has 20 heavy (non-hydrogen) atoms. The SMILES string of the molecule is Cc1n[nH]c(C)c1C=C(CO)B1OC(C)(C)C(C)(C)O1. The van der Waals surface area contributed by atoms with Crippen LogP contribution in [0, 0.1) is 13.8 Å². The first kappa shape index (κ1) is 15.3. The van der Waals surface area contributed by atoms with Crippen LogP contribution in [0.2, 0.25) is 0 Å². The molecule has 110 valence electrons. The fraction of sp³-hybridized carbons (Fsp3) is 0.643. The van der Waals surface area contributed by atoms with Crippen LogP contribution in [-0.4, -0.2) is 40.2 Å². The monoisotopic (exact) mass is 278 g/mol. The number of nitrogens with one attached hydrogen (secondary N) is 1. The molecule has 0 saturated carbocycles. The summed E-state index contributed by atoms with van der Waals surface area (Å²) >= 11 is 0. The topological polar surface area (TPSA) is 67.4 Å². The molecule has 1 aliphatic rings. The molecule has 2 rings (SSSR count). The second-order valence-corrected chi connectivity index (χ2v) is 6.31. The van der Waals surface area contributed by atoms with Crippen molar-refractivity contribution < 1.29 is 14.4 Å². The lowest BCUT2D eigenvalue weighted by atomic mass is 9.77. The van der Waals surface area contributed by atoms with Gasteiger partial charge in [-0.25, -0.2) is 0 Å². The number of H-pyrrole nitrogens is 1. The quantitative estimate of drug-likeness (QED) is 0.830. The van der Waals surface area contributed by atoms with E-state index in [4.69, 9.17) is 9.31 Å². The summed E-state index contributed by atoms with van der Waals surface area (Å²) in [5.41, 5.74) is 2.72. The molecular weight excluding hydrogens is 255 g/mol. The summed E-state index contributed by atoms with van der Waals surface area (Å²) < 4.78 is 11.9. The van der Waals surface area contributed by atoms with Gasteiger partial charge in [-0.3, -0.25) is 5.10 Å². The van der Waals surface area contributed by atoms with Gasteiger partial charge in [0.15, 0.2) is 0 Å². The minimum atomic E-state index is -0.529. The predicted molar refractivity (Wildman–Crippen MR) is 79.2 cm³/mol. The molecule has 1 saturated heterocycles. The van der Waals surface area contributed by atoms with Gasteiger partial charge >= 0.3 is 7.12 Å². The Morgan fingerprint density at radius 2 is 1.80 bits per heavy atom. The molecule has 6 heteroatoms. The Hall–Kier alpha value is -1.11. The van der Waals surface area contributed by atoms with Crippen LogP contribution in [0.1, 0.15) is 44.6 Å². The lowest BCUT2D eigenvalue weighted by Crippen LogP contribution is -2.41. The van der Waals surface area contributed by atoms with E-state index in [1.807, 2.05) is 47.6 Å². The maximum absolute atomic E-state index is 9.65. The zero-order valence-corrected chi connectivity index (χ0v) is 13.1. The van der Waals surface area contributed by atoms with Crippen molar-refractivity contribution in [3.63, 3.8) is 0 Å². The summed E-state index contributed by atoms with van der Waals surface area (Å²) in [5.74, 6) is 0. The maximum atomic E-state index is 9.65. The lowest BCUT2D eigenvalue weighted by molar-refractivity contribution is 0.00578. The molecule has 0 atom stereocenters. The number of rotatable bonds is 3. The Kier molecular flexibility index (Phi) is 3.84. The fourth-order valence-corrected chi connectivity index (χ4v) is 2.14. The Balaban J connectivity index is 2.31. The van der Waals surface area contributed by atoms with Crippen molar-refractivity contribution in [3.8, 4) is 0 Å². The first-order chi connectivity index (χ1) is 9.18. The molecule has 1 fully saturated rings. The number of hydrogen-bond acceptors (Lipinski definition) is 4. The van der Waals surface area contributed by atoms with E-state index < -0.39 is 18.3 Å². The van der Waals surface area contributed by atoms with Crippen LogP contribution >= 0.6 is 0 Å². The zero-order chi connectivity index (χ0) is 15.1. The maximum Gasteiger partial charge on any atom is 0.492 e. The largest absolute Gasteiger partial charge is 0.492 e. The van der Waals surface area contributed by atoms with E-state index in [2.05, 4.69) is 10.2 Å². The van der Waals surface area contributed by atoms with Gasteiger partial charge in [0.1, 0.15) is 0 Å². The molecule has 0 aliphatic carbocycles. The highest BCUT2D eigenvalue weighted by Crippen LogP contribution is 2.38. The predicted octanol–water partition coefficient (Wildman–Crippen LogP) is 2.03. The van der Waals surface area contributed by atoms with Gasteiger partial charge in [0.25, 0.3) is 0 Å². The van der Waals surface area contributed by atoms with E-state index in [0.29, 0.717) is 5.47 Å². The Morgan fingerprint density at radius 1 is 1.25 bits per heavy atom. The summed E-state index contributed by atoms with van der Waals surface area (Å²) in [4.78, 5) is 0. The third-order valence-corrected chi connectivity index (χ3v) is 4.25. The molecule has 1 aromatic heterocycles. The van der Waals surface area contributed by atoms with E-state index in [1.54, 1.807) is 0 Å². The van der Waals surface area contributed by atoms with Crippen molar-refractivity contribution in [1.82, 2.24) is 10.2 Å². The molecule has 0 aromatic carbocycles. The lowest BCUT2D eigenvalue weighted by Gasteiger charge is -2.32. The van der Waals surface area contributed by atoms with E-state index >= 15 is 0 Å². The molecule has 2 heterocycles. The van der Waals surface area contributed by atoms with Gasteiger partial charge in [-0.1, -0.05) is 6.08 Å². The van der Waals surface area contributed by atoms with Gasteiger partial charge < -0.3 is 14.4 Å². The van der Waals surface area contributed by atoms with Crippen LogP contribution in [0.15, 0.2) is 5.47 Å². The van der Waals surface area contributed by atoms with Gasteiger partial charge in [0.2, 0.25) is 0 Å². The van der Waals surface area contributed by atoms with Gasteiger partial charge in [-0.2, -0.15) is 5.10 Å². The molecule has 5 nitrogen and oxygen atoms in total. The number of aliphatic hydroxyl groups is 1. The van der Waals surface area contributed by atoms with Crippen molar-refractivity contribution in [1.29, 1.82) is 0 Å². The number of aromatic nitrogens is 2. The van der Waals surface area contributed by atoms with Crippen molar-refractivity contribution >= 4 is 13.2 Å². The van der Waals surface area contributed by atoms with Crippen molar-refractivity contribution in [2.45, 2.75) is 52.7 Å². The number of aryl methyl sites for hydroxylation is 2. The van der Waals surface area contributed by atoms with Crippen LogP contribution in [0.5, 0.6) is 0 Å². The number of hydrogen-bond donors (Lipinski definition) is 2. The van der Waals surface area contributed by atoms with Gasteiger partial charge in [-0.05, 0) is 47.0 Å². The van der Waals surface area contributed by atoms with Crippen LogP contribution in [0.25, 0.3) is 6.08 Å². The Bertz CT molecular complexity index is 499. The van der Waals surface area contributed by atoms with Crippen LogP contribution in [-0.2, 0) is 9.31 Å². The molecular formula is C14H23BN2O3. The van der Waals surface area contributed by atoms with Gasteiger partial charge in [0, 0.05) is 11.3 Å². The summed E-state index contributed by atoms with van der Waals surface area (Å²) in [6.45, 7) is 11.7. The molecule has 0 spiro atoms. The smallest absolute Gasteiger partial charge is 0.400 e. The summed E-state index contributed by atoms with van der Waals surface area (Å²) in [5, 5.41) is 16.7. The minimum Gasteiger partial charge on any atom is -0.400 e. The van der Waals surface area contributed by atoms with Crippen LogP contribution in [0.4, 0.5) is 0 Å². The number of aromatic amines is 1. The second-order valence-electron chi connectivity index (χ2n) is 6.31. The molecule has 1 aliphatic heterocycles. The number of nitrogens with zero attached hydrogens (tertiary/aromatic N) is 1. The van der Waals surface area contributed by atoms with Crippen LogP contribution in [0.3, 0.4) is 0 Å². The van der Waals surface area contributed by atoms with E-state index in [9.17, 15) is 5.11 Å². The highest BCUT2D eigenvalue weighted by molar-refractivity contribution is 6.55. The Morgan fingerprint density at radius 3 is 2.20 bits per heavy atom. The molecule has 0 unspecified atom stereocenters. The number of aliphatic hydroxyl groups excluding tert-OH is 1. The van der Waals surface area contributed by atoms with Crippen molar-refractivity contribution in [2.24, 2.45) is 0 Å². The first-order valence-corrected chi connectivity index (χ1v) is 6.86. The Labute approximate surface area is 120 Å². The average Bonchev–Trinajstić information content (AvgIpc) is 2.75. The normalized spacial score (nSPS) is 21.6. The standard InChI is InChI=1S/C14H23BN2O3/c1-9-12(10(2)17-16-9)7-11(8-18)15-19-13(3,4)14(5,6)20-15/h7,18H,8H2,1-6H3,(H,16,17). The zero-order valence-electron chi connectivity index (χ0n) is 13.1. The van der Waals surface area contributed by atoms with Crippen molar-refractivity contribution in [3.05, 3.63) is 22.4 Å². The molecule has 2 N–H and O–H groups in total. The molecule has 0 amide bonds. The summed E-state index contributed by atoms with van der Waals surface area (Å²) in [6, 6.07) is 0. The van der Waals surface area contributed by atoms with E-state index in [1.165, 1.54) is 0 Å². The molecule has 0 radical (unpaired) electrons. The highest BCUT2D eigenvalue weighted by atomic mass is 16.7. The molecule has 1 aromatic rings. The summed E-state index contributed by atoms with van der Waals surface area (Å²) in [6.07, 6.45) is 1.90. The average molecular weight is 278 g/mol. The minimum absolute atomic E-state index is 0.110. The highest BCUT2D eigenvalue weighted by Gasteiger charge is 2.52. The third-order valence-electron chi connectivity index (χ3n) is 4.25. The van der Waals surface area contributed by atoms with Crippen molar-refractivity contribution in [2.75, 3.05) is 6.61 Å². The van der Waals surface area contributed by atoms with E-state index in [0.717, 1.165) is 17.0 Å². The summed E-state index contributed by atoms with van der Waals surface area (Å²) in [7, 11) is -0.529. The molecule has 0 bridgehead atoms. The first-order valence-electron chi connectivity index (χ1n) is 6.86. The third kappa shape index (κ3) is 2.55. The van der Waals surface area contributed by atoms with Gasteiger partial charge in [0.05, 0.1) is 23.5 Å². The van der Waals surface area contributed by atoms with Crippen LogP contribution < -0.4 is 0 Å². The second kappa shape index (κ2) is 5.02. The fourth-order valence-electron chi connectivity index (χ4n) is 2.14.